The van der Waals surface area contributed by atoms with Crippen molar-refractivity contribution in [3.05, 3.63) is 23.9 Å². The fraction of sp³-hybridized carbons (Fsp3) is 0.538. The summed E-state index contributed by atoms with van der Waals surface area (Å²) in [6, 6.07) is 3.41. The van der Waals surface area contributed by atoms with Crippen LogP contribution < -0.4 is 10.5 Å². The summed E-state index contributed by atoms with van der Waals surface area (Å²) in [7, 11) is 1.74. The van der Waals surface area contributed by atoms with Crippen LogP contribution in [0, 0.1) is 5.41 Å². The molecule has 0 aliphatic heterocycles. The van der Waals surface area contributed by atoms with Gasteiger partial charge in [0.15, 0.2) is 0 Å². The molecule has 98 valence electrons. The average Bonchev–Trinajstić information content (AvgIpc) is 2.39. The van der Waals surface area contributed by atoms with Gasteiger partial charge in [-0.2, -0.15) is 0 Å². The Labute approximate surface area is 107 Å². The van der Waals surface area contributed by atoms with Gasteiger partial charge in [0, 0.05) is 31.4 Å². The summed E-state index contributed by atoms with van der Waals surface area (Å²) < 4.78 is 11.2. The molecular formula is C13H19N3O2. The molecule has 2 unspecified atom stereocenters. The van der Waals surface area contributed by atoms with Crippen molar-refractivity contribution in [1.82, 2.24) is 4.98 Å². The van der Waals surface area contributed by atoms with Gasteiger partial charge in [-0.15, -0.1) is 0 Å². The maximum absolute atomic E-state index is 7.39. The molecule has 1 saturated carbocycles. The van der Waals surface area contributed by atoms with E-state index in [4.69, 9.17) is 20.6 Å². The van der Waals surface area contributed by atoms with Crippen molar-refractivity contribution in [1.29, 1.82) is 5.41 Å². The Balaban J connectivity index is 2.00. The van der Waals surface area contributed by atoms with Gasteiger partial charge in [0.25, 0.3) is 0 Å². The largest absolute Gasteiger partial charge is 0.474 e. The van der Waals surface area contributed by atoms with Crippen LogP contribution in [0.4, 0.5) is 0 Å². The summed E-state index contributed by atoms with van der Waals surface area (Å²) in [5, 5.41) is 7.39. The third-order valence-electron chi connectivity index (χ3n) is 3.24. The lowest BCUT2D eigenvalue weighted by atomic mass is 9.95. The zero-order chi connectivity index (χ0) is 13.0. The molecule has 2 atom stereocenters. The molecule has 1 aromatic heterocycles. The second kappa shape index (κ2) is 5.82. The molecular weight excluding hydrogens is 230 g/mol. The van der Waals surface area contributed by atoms with Crippen LogP contribution in [0.2, 0.25) is 0 Å². The molecule has 0 radical (unpaired) electrons. The number of amidine groups is 1. The molecule has 3 N–H and O–H groups in total. The first-order chi connectivity index (χ1) is 8.69. The lowest BCUT2D eigenvalue weighted by Crippen LogP contribution is -2.29. The summed E-state index contributed by atoms with van der Waals surface area (Å²) >= 11 is 0. The van der Waals surface area contributed by atoms with Crippen molar-refractivity contribution in [2.45, 2.75) is 37.9 Å². The Morgan fingerprint density at radius 2 is 2.22 bits per heavy atom. The number of aromatic nitrogens is 1. The minimum atomic E-state index is 0.0284. The maximum Gasteiger partial charge on any atom is 0.214 e. The number of nitrogens with one attached hydrogen (secondary N) is 1. The number of hydrogen-bond acceptors (Lipinski definition) is 4. The van der Waals surface area contributed by atoms with Gasteiger partial charge in [0.1, 0.15) is 11.9 Å². The standard InChI is InChI=1S/C13H19N3O2/c1-17-10-3-2-4-11(8-10)18-12-7-9(13(14)15)5-6-16-12/h5-7,10-11H,2-4,8H2,1H3,(H3,14,15). The van der Waals surface area contributed by atoms with Crippen LogP contribution >= 0.6 is 0 Å². The Morgan fingerprint density at radius 3 is 2.94 bits per heavy atom. The number of nitrogen functional groups attached to an aromatic ring is 1. The molecule has 0 spiro atoms. The number of nitrogens with two attached hydrogens (primary N) is 1. The fourth-order valence-corrected chi connectivity index (χ4v) is 2.24. The number of rotatable bonds is 4. The van der Waals surface area contributed by atoms with E-state index in [0.29, 0.717) is 11.4 Å². The lowest BCUT2D eigenvalue weighted by molar-refractivity contribution is 0.0195. The number of pyridine rings is 1. The van der Waals surface area contributed by atoms with Crippen LogP contribution in [0.1, 0.15) is 31.2 Å². The molecule has 1 fully saturated rings. The lowest BCUT2D eigenvalue weighted by Gasteiger charge is -2.28. The summed E-state index contributed by atoms with van der Waals surface area (Å²) in [6.07, 6.45) is 6.14. The minimum absolute atomic E-state index is 0.0284. The highest BCUT2D eigenvalue weighted by molar-refractivity contribution is 5.95. The minimum Gasteiger partial charge on any atom is -0.474 e. The van der Waals surface area contributed by atoms with Crippen LogP contribution in [0.5, 0.6) is 5.88 Å². The molecule has 1 heterocycles. The van der Waals surface area contributed by atoms with Crippen LogP contribution in [-0.2, 0) is 4.74 Å². The van der Waals surface area contributed by atoms with E-state index in [2.05, 4.69) is 4.98 Å². The Bertz CT molecular complexity index is 422. The molecule has 0 saturated heterocycles. The van der Waals surface area contributed by atoms with E-state index in [1.807, 2.05) is 0 Å². The SMILES string of the molecule is COC1CCCC(Oc2cc(C(=N)N)ccn2)C1. The predicted octanol–water partition coefficient (Wildman–Crippen LogP) is 1.70. The summed E-state index contributed by atoms with van der Waals surface area (Å²) in [5.74, 6) is 0.560. The maximum atomic E-state index is 7.39. The zero-order valence-electron chi connectivity index (χ0n) is 10.6. The van der Waals surface area contributed by atoms with Gasteiger partial charge in [-0.3, -0.25) is 5.41 Å². The molecule has 1 aliphatic rings. The van der Waals surface area contributed by atoms with Crippen molar-refractivity contribution >= 4 is 5.84 Å². The smallest absolute Gasteiger partial charge is 0.214 e. The highest BCUT2D eigenvalue weighted by Crippen LogP contribution is 2.24. The molecule has 0 aromatic carbocycles. The number of hydrogen-bond donors (Lipinski definition) is 2. The van der Waals surface area contributed by atoms with Crippen molar-refractivity contribution in [2.24, 2.45) is 5.73 Å². The molecule has 5 heteroatoms. The molecule has 1 aliphatic carbocycles. The quantitative estimate of drug-likeness (QED) is 0.628. The van der Waals surface area contributed by atoms with Gasteiger partial charge in [-0.1, -0.05) is 0 Å². The third kappa shape index (κ3) is 3.20. The first-order valence-corrected chi connectivity index (χ1v) is 6.19. The number of nitrogens with zero attached hydrogens (tertiary/aromatic N) is 1. The van der Waals surface area contributed by atoms with Gasteiger partial charge < -0.3 is 15.2 Å². The van der Waals surface area contributed by atoms with Crippen LogP contribution in [0.15, 0.2) is 18.3 Å². The van der Waals surface area contributed by atoms with E-state index in [1.165, 1.54) is 0 Å². The van der Waals surface area contributed by atoms with Gasteiger partial charge >= 0.3 is 0 Å². The second-order valence-electron chi connectivity index (χ2n) is 4.56. The summed E-state index contributed by atoms with van der Waals surface area (Å²) in [4.78, 5) is 4.15. The first-order valence-electron chi connectivity index (χ1n) is 6.19. The summed E-state index contributed by atoms with van der Waals surface area (Å²) in [5.41, 5.74) is 6.08. The Hall–Kier alpha value is -1.62. The van der Waals surface area contributed by atoms with Gasteiger partial charge in [0.2, 0.25) is 5.88 Å². The van der Waals surface area contributed by atoms with Crippen LogP contribution in [0.3, 0.4) is 0 Å². The average molecular weight is 249 g/mol. The monoisotopic (exact) mass is 249 g/mol. The van der Waals surface area contributed by atoms with Crippen molar-refractivity contribution in [2.75, 3.05) is 7.11 Å². The normalized spacial score (nSPS) is 23.6. The van der Waals surface area contributed by atoms with Gasteiger partial charge in [-0.05, 0) is 25.3 Å². The Morgan fingerprint density at radius 1 is 1.44 bits per heavy atom. The number of methoxy groups -OCH3 is 1. The van der Waals surface area contributed by atoms with Crippen LogP contribution in [0.25, 0.3) is 0 Å². The van der Waals surface area contributed by atoms with Crippen molar-refractivity contribution in [3.63, 3.8) is 0 Å². The molecule has 2 rings (SSSR count). The van der Waals surface area contributed by atoms with Gasteiger partial charge in [0.05, 0.1) is 6.10 Å². The van der Waals surface area contributed by atoms with E-state index in [1.54, 1.807) is 25.4 Å². The van der Waals surface area contributed by atoms with E-state index < -0.39 is 0 Å². The molecule has 18 heavy (non-hydrogen) atoms. The number of ether oxygens (including phenoxy) is 2. The van der Waals surface area contributed by atoms with Gasteiger partial charge in [-0.25, -0.2) is 4.98 Å². The summed E-state index contributed by atoms with van der Waals surface area (Å²) in [6.45, 7) is 0. The Kier molecular flexibility index (Phi) is 4.15. The molecule has 0 amide bonds. The highest BCUT2D eigenvalue weighted by atomic mass is 16.5. The van der Waals surface area contributed by atoms with Crippen molar-refractivity contribution < 1.29 is 9.47 Å². The molecule has 5 nitrogen and oxygen atoms in total. The van der Waals surface area contributed by atoms with E-state index >= 15 is 0 Å². The zero-order valence-corrected chi connectivity index (χ0v) is 10.6. The van der Waals surface area contributed by atoms with E-state index in [9.17, 15) is 0 Å². The van der Waals surface area contributed by atoms with E-state index in [0.717, 1.165) is 25.7 Å². The molecule has 0 bridgehead atoms. The fourth-order valence-electron chi connectivity index (χ4n) is 2.24. The van der Waals surface area contributed by atoms with Crippen molar-refractivity contribution in [3.8, 4) is 5.88 Å². The van der Waals surface area contributed by atoms with Crippen LogP contribution in [-0.4, -0.2) is 30.1 Å². The third-order valence-corrected chi connectivity index (χ3v) is 3.24. The highest BCUT2D eigenvalue weighted by Gasteiger charge is 2.23. The predicted molar refractivity (Wildman–Crippen MR) is 68.9 cm³/mol. The topological polar surface area (TPSA) is 81.2 Å². The second-order valence-corrected chi connectivity index (χ2v) is 4.56. The molecule has 1 aromatic rings. The van der Waals surface area contributed by atoms with E-state index in [-0.39, 0.29) is 18.0 Å². The first kappa shape index (κ1) is 12.8.